The van der Waals surface area contributed by atoms with E-state index in [4.69, 9.17) is 9.47 Å². The van der Waals surface area contributed by atoms with Gasteiger partial charge < -0.3 is 9.47 Å². The normalized spacial score (nSPS) is 22.4. The van der Waals surface area contributed by atoms with Crippen molar-refractivity contribution in [3.05, 3.63) is 0 Å². The van der Waals surface area contributed by atoms with Crippen LogP contribution in [0.3, 0.4) is 0 Å². The first-order chi connectivity index (χ1) is 8.25. The third-order valence-electron chi connectivity index (χ3n) is 3.34. The lowest BCUT2D eigenvalue weighted by Gasteiger charge is -2.32. The van der Waals surface area contributed by atoms with Crippen LogP contribution < -0.4 is 0 Å². The van der Waals surface area contributed by atoms with Crippen molar-refractivity contribution < 1.29 is 14.3 Å². The quantitative estimate of drug-likeness (QED) is 0.708. The first-order valence-corrected chi connectivity index (χ1v) is 7.06. The number of ether oxygens (including phenoxy) is 2. The molecule has 1 fully saturated rings. The molecule has 3 nitrogen and oxygen atoms in total. The Bertz CT molecular complexity index is 220. The summed E-state index contributed by atoms with van der Waals surface area (Å²) in [4.78, 5) is 12.3. The number of ketones is 1. The van der Waals surface area contributed by atoms with Crippen molar-refractivity contribution in [3.63, 3.8) is 0 Å². The number of hydrogen-bond acceptors (Lipinski definition) is 3. The number of hydrogen-bond donors (Lipinski definition) is 0. The van der Waals surface area contributed by atoms with Gasteiger partial charge in [0.2, 0.25) is 5.79 Å². The van der Waals surface area contributed by atoms with Gasteiger partial charge in [-0.2, -0.15) is 0 Å². The lowest BCUT2D eigenvalue weighted by Crippen LogP contribution is -2.44. The van der Waals surface area contributed by atoms with Crippen molar-refractivity contribution in [2.45, 2.75) is 71.0 Å². The number of Topliss-reactive ketones (excluding diaryl/α,β-unsaturated/α-hetero) is 1. The van der Waals surface area contributed by atoms with Gasteiger partial charge >= 0.3 is 0 Å². The van der Waals surface area contributed by atoms with Gasteiger partial charge in [0.05, 0.1) is 0 Å². The predicted octanol–water partition coefficient (Wildman–Crippen LogP) is 3.46. The highest BCUT2D eigenvalue weighted by molar-refractivity contribution is 5.85. The molecule has 0 unspecified atom stereocenters. The van der Waals surface area contributed by atoms with E-state index in [2.05, 4.69) is 0 Å². The molecular formula is C14H26O3. The standard InChI is InChI=1S/C14H26O3/c1-3-16-14(17-4-2)12-10-8-6-5-7-9-11-13(14)15/h3-12H2,1-2H3. The van der Waals surface area contributed by atoms with E-state index in [9.17, 15) is 4.79 Å². The summed E-state index contributed by atoms with van der Waals surface area (Å²) in [7, 11) is 0. The van der Waals surface area contributed by atoms with Crippen molar-refractivity contribution in [2.75, 3.05) is 13.2 Å². The smallest absolute Gasteiger partial charge is 0.228 e. The summed E-state index contributed by atoms with van der Waals surface area (Å²) in [5.41, 5.74) is 0. The molecule has 1 saturated carbocycles. The minimum atomic E-state index is -0.944. The number of rotatable bonds is 4. The van der Waals surface area contributed by atoms with Gasteiger partial charge in [-0.1, -0.05) is 25.7 Å². The molecule has 0 spiro atoms. The molecule has 100 valence electrons. The van der Waals surface area contributed by atoms with Gasteiger partial charge in [-0.05, 0) is 26.7 Å². The Morgan fingerprint density at radius 2 is 1.47 bits per heavy atom. The Hall–Kier alpha value is -0.410. The highest BCUT2D eigenvalue weighted by atomic mass is 16.7. The van der Waals surface area contributed by atoms with Crippen LogP contribution in [-0.4, -0.2) is 24.8 Å². The minimum absolute atomic E-state index is 0.142. The first-order valence-electron chi connectivity index (χ1n) is 7.06. The fourth-order valence-electron chi connectivity index (χ4n) is 2.49. The van der Waals surface area contributed by atoms with Crippen molar-refractivity contribution in [3.8, 4) is 0 Å². The van der Waals surface area contributed by atoms with Gasteiger partial charge in [0, 0.05) is 26.1 Å². The second-order valence-corrected chi connectivity index (χ2v) is 4.66. The Morgan fingerprint density at radius 3 is 2.06 bits per heavy atom. The zero-order valence-corrected chi connectivity index (χ0v) is 11.3. The van der Waals surface area contributed by atoms with Crippen molar-refractivity contribution in [1.82, 2.24) is 0 Å². The Morgan fingerprint density at radius 1 is 0.941 bits per heavy atom. The molecule has 0 amide bonds. The highest BCUT2D eigenvalue weighted by Gasteiger charge is 2.38. The second-order valence-electron chi connectivity index (χ2n) is 4.66. The first kappa shape index (κ1) is 14.7. The highest BCUT2D eigenvalue weighted by Crippen LogP contribution is 2.27. The van der Waals surface area contributed by atoms with E-state index in [0.717, 1.165) is 19.3 Å². The average Bonchev–Trinajstić information content (AvgIpc) is 2.32. The van der Waals surface area contributed by atoms with Crippen LogP contribution in [-0.2, 0) is 14.3 Å². The molecule has 1 rings (SSSR count). The monoisotopic (exact) mass is 242 g/mol. The minimum Gasteiger partial charge on any atom is -0.344 e. The largest absolute Gasteiger partial charge is 0.344 e. The molecule has 0 heterocycles. The molecule has 0 radical (unpaired) electrons. The van der Waals surface area contributed by atoms with Gasteiger partial charge in [-0.3, -0.25) is 4.79 Å². The van der Waals surface area contributed by atoms with Crippen molar-refractivity contribution in [2.24, 2.45) is 0 Å². The van der Waals surface area contributed by atoms with E-state index in [1.54, 1.807) is 0 Å². The van der Waals surface area contributed by atoms with E-state index in [1.807, 2.05) is 13.8 Å². The molecule has 1 aliphatic carbocycles. The van der Waals surface area contributed by atoms with E-state index < -0.39 is 5.79 Å². The lowest BCUT2D eigenvalue weighted by molar-refractivity contribution is -0.229. The second kappa shape index (κ2) is 7.83. The zero-order chi connectivity index (χ0) is 12.6. The van der Waals surface area contributed by atoms with E-state index in [1.165, 1.54) is 19.3 Å². The van der Waals surface area contributed by atoms with Gasteiger partial charge in [-0.25, -0.2) is 0 Å². The van der Waals surface area contributed by atoms with E-state index in [0.29, 0.717) is 26.1 Å². The summed E-state index contributed by atoms with van der Waals surface area (Å²) in [6, 6.07) is 0. The van der Waals surface area contributed by atoms with Crippen molar-refractivity contribution >= 4 is 5.78 Å². The van der Waals surface area contributed by atoms with Crippen LogP contribution in [0.2, 0.25) is 0 Å². The number of carbonyl (C=O) groups excluding carboxylic acids is 1. The van der Waals surface area contributed by atoms with E-state index >= 15 is 0 Å². The molecule has 0 N–H and O–H groups in total. The van der Waals surface area contributed by atoms with Gasteiger partial charge in [-0.15, -0.1) is 0 Å². The summed E-state index contributed by atoms with van der Waals surface area (Å²) < 4.78 is 11.4. The van der Waals surface area contributed by atoms with Crippen LogP contribution >= 0.6 is 0 Å². The van der Waals surface area contributed by atoms with Crippen molar-refractivity contribution in [1.29, 1.82) is 0 Å². The molecule has 0 aromatic carbocycles. The average molecular weight is 242 g/mol. The van der Waals surface area contributed by atoms with Gasteiger partial charge in [0.25, 0.3) is 0 Å². The predicted molar refractivity (Wildman–Crippen MR) is 67.9 cm³/mol. The topological polar surface area (TPSA) is 35.5 Å². The maximum absolute atomic E-state index is 12.3. The Kier molecular flexibility index (Phi) is 6.75. The molecular weight excluding hydrogens is 216 g/mol. The fourth-order valence-corrected chi connectivity index (χ4v) is 2.49. The molecule has 0 bridgehead atoms. The molecule has 0 aromatic heterocycles. The maximum atomic E-state index is 12.3. The Labute approximate surface area is 105 Å². The molecule has 17 heavy (non-hydrogen) atoms. The molecule has 0 aliphatic heterocycles. The van der Waals surface area contributed by atoms with Crippen LogP contribution in [0, 0.1) is 0 Å². The number of carbonyl (C=O) groups is 1. The lowest BCUT2D eigenvalue weighted by atomic mass is 9.95. The third kappa shape index (κ3) is 4.40. The molecule has 1 aliphatic rings. The van der Waals surface area contributed by atoms with Gasteiger partial charge in [0.15, 0.2) is 5.78 Å². The van der Waals surface area contributed by atoms with Crippen LogP contribution in [0.1, 0.15) is 65.2 Å². The molecule has 0 aromatic rings. The summed E-state index contributed by atoms with van der Waals surface area (Å²) in [6.45, 7) is 4.91. The van der Waals surface area contributed by atoms with Crippen LogP contribution in [0.5, 0.6) is 0 Å². The summed E-state index contributed by atoms with van der Waals surface area (Å²) in [6.07, 6.45) is 8.15. The molecule has 0 atom stereocenters. The SMILES string of the molecule is CCOC1(OCC)CCCCCCCCC1=O. The molecule has 0 saturated heterocycles. The van der Waals surface area contributed by atoms with Crippen LogP contribution in [0.25, 0.3) is 0 Å². The molecule has 3 heteroatoms. The van der Waals surface area contributed by atoms with E-state index in [-0.39, 0.29) is 5.78 Å². The maximum Gasteiger partial charge on any atom is 0.228 e. The Balaban J connectivity index is 2.72. The summed E-state index contributed by atoms with van der Waals surface area (Å²) in [5.74, 6) is -0.802. The fraction of sp³-hybridized carbons (Fsp3) is 0.929. The van der Waals surface area contributed by atoms with Crippen LogP contribution in [0.15, 0.2) is 0 Å². The van der Waals surface area contributed by atoms with Crippen LogP contribution in [0.4, 0.5) is 0 Å². The summed E-state index contributed by atoms with van der Waals surface area (Å²) >= 11 is 0. The third-order valence-corrected chi connectivity index (χ3v) is 3.34. The van der Waals surface area contributed by atoms with Gasteiger partial charge in [0.1, 0.15) is 0 Å². The zero-order valence-electron chi connectivity index (χ0n) is 11.3. The summed E-state index contributed by atoms with van der Waals surface area (Å²) in [5, 5.41) is 0.